The molecule has 4 saturated carbocycles. The van der Waals surface area contributed by atoms with Crippen LogP contribution in [0, 0.1) is 35.0 Å². The molecule has 5 rings (SSSR count). The van der Waals surface area contributed by atoms with Crippen molar-refractivity contribution in [2.75, 3.05) is 19.8 Å². The number of hydrogen-bond donors (Lipinski definition) is 3. The maximum Gasteiger partial charge on any atom is 0.226 e. The summed E-state index contributed by atoms with van der Waals surface area (Å²) < 4.78 is 5.87. The largest absolute Gasteiger partial charge is 0.394 e. The summed E-state index contributed by atoms with van der Waals surface area (Å²) in [5.41, 5.74) is 0.102. The van der Waals surface area contributed by atoms with Crippen molar-refractivity contribution in [1.82, 2.24) is 4.90 Å². The molecule has 3 N–H and O–H groups in total. The second kappa shape index (κ2) is 10.2. The van der Waals surface area contributed by atoms with Crippen LogP contribution in [0.15, 0.2) is 0 Å². The first-order chi connectivity index (χ1) is 16.8. The van der Waals surface area contributed by atoms with Crippen LogP contribution in [0.3, 0.4) is 0 Å². The molecule has 2 unspecified atom stereocenters. The van der Waals surface area contributed by atoms with Gasteiger partial charge in [-0.3, -0.25) is 4.79 Å². The van der Waals surface area contributed by atoms with Gasteiger partial charge in [-0.15, -0.1) is 0 Å². The molecule has 5 fully saturated rings. The zero-order valence-electron chi connectivity index (χ0n) is 22.0. The predicted molar refractivity (Wildman–Crippen MR) is 135 cm³/mol. The van der Waals surface area contributed by atoms with Crippen molar-refractivity contribution in [1.29, 1.82) is 0 Å². The molecule has 0 aromatic carbocycles. The Morgan fingerprint density at radius 2 is 1.71 bits per heavy atom. The number of carbonyl (C=O) groups excluding carboxylic acids is 1. The number of hydrogen-bond acceptors (Lipinski definition) is 5. The second-order valence-electron chi connectivity index (χ2n) is 13.2. The number of rotatable bonds is 5. The van der Waals surface area contributed by atoms with Crippen LogP contribution in [0.25, 0.3) is 0 Å². The summed E-state index contributed by atoms with van der Waals surface area (Å²) in [5, 5.41) is 30.1. The molecule has 9 atom stereocenters. The van der Waals surface area contributed by atoms with Gasteiger partial charge in [0.2, 0.25) is 5.91 Å². The van der Waals surface area contributed by atoms with E-state index in [1.165, 1.54) is 25.7 Å². The fourth-order valence-electron chi connectivity index (χ4n) is 9.59. The normalized spacial score (nSPS) is 45.2. The van der Waals surface area contributed by atoms with Crippen molar-refractivity contribution in [3.63, 3.8) is 0 Å². The number of aliphatic hydroxyl groups is 3. The molecule has 1 aliphatic heterocycles. The monoisotopic (exact) mass is 491 g/mol. The highest BCUT2D eigenvalue weighted by molar-refractivity contribution is 5.80. The molecule has 1 saturated heterocycles. The summed E-state index contributed by atoms with van der Waals surface area (Å²) in [5.74, 6) is 2.74. The van der Waals surface area contributed by atoms with Gasteiger partial charge >= 0.3 is 0 Å². The summed E-state index contributed by atoms with van der Waals surface area (Å²) in [4.78, 5) is 16.1. The molecule has 200 valence electrons. The Bertz CT molecular complexity index is 755. The molecule has 5 aliphatic rings. The van der Waals surface area contributed by atoms with E-state index in [1.54, 1.807) is 0 Å². The van der Waals surface area contributed by atoms with Gasteiger partial charge in [0, 0.05) is 18.0 Å². The maximum atomic E-state index is 13.7. The maximum absolute atomic E-state index is 13.7. The number of amides is 1. The van der Waals surface area contributed by atoms with Crippen LogP contribution in [0.2, 0.25) is 0 Å². The first-order valence-electron chi connectivity index (χ1n) is 14.7. The van der Waals surface area contributed by atoms with Gasteiger partial charge < -0.3 is 25.0 Å². The van der Waals surface area contributed by atoms with E-state index in [0.29, 0.717) is 23.7 Å². The fourth-order valence-corrected chi connectivity index (χ4v) is 9.59. The number of carbonyl (C=O) groups is 1. The van der Waals surface area contributed by atoms with Gasteiger partial charge in [-0.05, 0) is 100 Å². The minimum Gasteiger partial charge on any atom is -0.394 e. The van der Waals surface area contributed by atoms with Gasteiger partial charge in [0.05, 0.1) is 25.4 Å². The fraction of sp³-hybridized carbons (Fsp3) is 0.966. The lowest BCUT2D eigenvalue weighted by molar-refractivity contribution is -0.199. The summed E-state index contributed by atoms with van der Waals surface area (Å²) >= 11 is 0. The summed E-state index contributed by atoms with van der Waals surface area (Å²) in [6, 6.07) is 0. The smallest absolute Gasteiger partial charge is 0.226 e. The number of likely N-dealkylation sites (tertiary alicyclic amines) is 1. The van der Waals surface area contributed by atoms with Crippen LogP contribution in [0.1, 0.15) is 97.3 Å². The Balaban J connectivity index is 1.31. The van der Waals surface area contributed by atoms with Crippen molar-refractivity contribution < 1.29 is 24.9 Å². The van der Waals surface area contributed by atoms with Crippen LogP contribution in [-0.4, -0.2) is 69.7 Å². The van der Waals surface area contributed by atoms with Gasteiger partial charge in [-0.25, -0.2) is 0 Å². The highest BCUT2D eigenvalue weighted by atomic mass is 16.5. The number of aliphatic hydroxyl groups excluding tert-OH is 3. The Morgan fingerprint density at radius 3 is 2.46 bits per heavy atom. The Labute approximate surface area is 211 Å². The second-order valence-corrected chi connectivity index (χ2v) is 13.2. The summed E-state index contributed by atoms with van der Waals surface area (Å²) in [7, 11) is 0. The average Bonchev–Trinajstić information content (AvgIpc) is 2.87. The van der Waals surface area contributed by atoms with E-state index >= 15 is 0 Å². The standard InChI is InChI=1S/C29H49NO5/c1-28-14-13-25(35-18-20(32)17-31)26(33)24(28)11-10-21-22(28)12-15-29(2)23(21)9-6-16-30(29)27(34)19-7-4-3-5-8-19/h19-26,31-33H,3-18H2,1-2H3/t20-,21?,22+,23+,24?,25+,26-,28-,29+/m1/s1. The predicted octanol–water partition coefficient (Wildman–Crippen LogP) is 3.90. The van der Waals surface area contributed by atoms with Crippen LogP contribution >= 0.6 is 0 Å². The van der Waals surface area contributed by atoms with Gasteiger partial charge in [0.15, 0.2) is 0 Å². The Morgan fingerprint density at radius 1 is 0.943 bits per heavy atom. The minimum atomic E-state index is -0.882. The molecule has 4 aliphatic carbocycles. The highest BCUT2D eigenvalue weighted by Crippen LogP contribution is 2.63. The molecular weight excluding hydrogens is 442 g/mol. The van der Waals surface area contributed by atoms with Crippen LogP contribution in [0.5, 0.6) is 0 Å². The third-order valence-electron chi connectivity index (χ3n) is 11.5. The summed E-state index contributed by atoms with van der Waals surface area (Å²) in [6.07, 6.45) is 12.9. The molecule has 0 radical (unpaired) electrons. The van der Waals surface area contributed by atoms with Crippen molar-refractivity contribution in [2.24, 2.45) is 35.0 Å². The summed E-state index contributed by atoms with van der Waals surface area (Å²) in [6.45, 7) is 5.55. The van der Waals surface area contributed by atoms with Crippen molar-refractivity contribution in [3.8, 4) is 0 Å². The van der Waals surface area contributed by atoms with E-state index < -0.39 is 12.2 Å². The van der Waals surface area contributed by atoms with Crippen LogP contribution < -0.4 is 0 Å². The first-order valence-corrected chi connectivity index (χ1v) is 14.7. The van der Waals surface area contributed by atoms with E-state index in [1.807, 2.05) is 0 Å². The molecule has 35 heavy (non-hydrogen) atoms. The highest BCUT2D eigenvalue weighted by Gasteiger charge is 2.61. The average molecular weight is 492 g/mol. The molecule has 0 bridgehead atoms. The van der Waals surface area contributed by atoms with E-state index in [-0.39, 0.29) is 42.1 Å². The van der Waals surface area contributed by atoms with Gasteiger partial charge in [-0.1, -0.05) is 26.2 Å². The van der Waals surface area contributed by atoms with Gasteiger partial charge in [-0.2, -0.15) is 0 Å². The van der Waals surface area contributed by atoms with E-state index in [4.69, 9.17) is 9.84 Å². The minimum absolute atomic E-state index is 0.00347. The Kier molecular flexibility index (Phi) is 7.58. The van der Waals surface area contributed by atoms with E-state index in [0.717, 1.165) is 64.3 Å². The van der Waals surface area contributed by atoms with Crippen molar-refractivity contribution in [3.05, 3.63) is 0 Å². The van der Waals surface area contributed by atoms with Gasteiger partial charge in [0.25, 0.3) is 0 Å². The molecule has 0 spiro atoms. The van der Waals surface area contributed by atoms with E-state index in [9.17, 15) is 15.0 Å². The molecule has 6 heteroatoms. The lowest BCUT2D eigenvalue weighted by Gasteiger charge is -2.65. The molecule has 6 nitrogen and oxygen atoms in total. The number of nitrogens with zero attached hydrogens (tertiary/aromatic N) is 1. The number of ether oxygens (including phenoxy) is 1. The third-order valence-corrected chi connectivity index (χ3v) is 11.5. The zero-order chi connectivity index (χ0) is 24.8. The van der Waals surface area contributed by atoms with Crippen molar-refractivity contribution in [2.45, 2.75) is 121 Å². The molecule has 0 aromatic rings. The zero-order valence-corrected chi connectivity index (χ0v) is 22.0. The number of piperidine rings is 1. The Hall–Kier alpha value is -0.690. The van der Waals surface area contributed by atoms with Crippen LogP contribution in [-0.2, 0) is 9.53 Å². The SMILES string of the molecule is C[C@]12CC[C@H](OC[C@H](O)CO)[C@H](O)C1CCC1[C@@H]2CC[C@@]2(C)[C@H]1CCCN2C(=O)C1CCCCC1. The van der Waals surface area contributed by atoms with E-state index in [2.05, 4.69) is 18.7 Å². The topological polar surface area (TPSA) is 90.2 Å². The first kappa shape index (κ1) is 25.9. The van der Waals surface area contributed by atoms with Crippen molar-refractivity contribution >= 4 is 5.91 Å². The molecule has 1 amide bonds. The number of fused-ring (bicyclic) bond motifs is 5. The molecular formula is C29H49NO5. The molecule has 1 heterocycles. The quantitative estimate of drug-likeness (QED) is 0.543. The lowest BCUT2D eigenvalue weighted by Crippen LogP contribution is -2.66. The lowest BCUT2D eigenvalue weighted by atomic mass is 9.44. The van der Waals surface area contributed by atoms with Gasteiger partial charge in [0.1, 0.15) is 6.10 Å². The molecule has 0 aromatic heterocycles. The van der Waals surface area contributed by atoms with Crippen LogP contribution in [0.4, 0.5) is 0 Å². The third kappa shape index (κ3) is 4.49.